The van der Waals surface area contributed by atoms with E-state index in [0.717, 1.165) is 16.8 Å². The number of alkyl halides is 3. The molecule has 0 fully saturated rings. The highest BCUT2D eigenvalue weighted by Crippen LogP contribution is 2.41. The molecule has 0 spiro atoms. The van der Waals surface area contributed by atoms with Crippen LogP contribution in [0, 0.1) is 0 Å². The van der Waals surface area contributed by atoms with Crippen molar-refractivity contribution >= 4 is 22.4 Å². The highest BCUT2D eigenvalue weighted by atomic mass is 19.4. The lowest BCUT2D eigenvalue weighted by Crippen LogP contribution is -2.09. The van der Waals surface area contributed by atoms with Gasteiger partial charge in [0.1, 0.15) is 5.69 Å². The second-order valence-corrected chi connectivity index (χ2v) is 6.70. The molecule has 3 aromatic rings. The van der Waals surface area contributed by atoms with Crippen LogP contribution < -0.4 is 0 Å². The number of hydrogen-bond acceptors (Lipinski definition) is 3. The molecule has 2 heterocycles. The molecule has 144 valence electrons. The summed E-state index contributed by atoms with van der Waals surface area (Å²) in [4.78, 5) is 8.75. The summed E-state index contributed by atoms with van der Waals surface area (Å²) in [6.07, 6.45) is -2.94. The number of aryl methyl sites for hydroxylation is 1. The zero-order valence-corrected chi connectivity index (χ0v) is 15.4. The summed E-state index contributed by atoms with van der Waals surface area (Å²) in [5.74, 6) is 0.340. The predicted molar refractivity (Wildman–Crippen MR) is 104 cm³/mol. The molecule has 28 heavy (non-hydrogen) atoms. The molecule has 0 N–H and O–H groups in total. The number of aliphatic imine (C=N–C) groups is 1. The van der Waals surface area contributed by atoms with Crippen LogP contribution in [-0.4, -0.2) is 17.5 Å². The minimum absolute atomic E-state index is 0.113. The largest absolute Gasteiger partial charge is 0.481 e. The third kappa shape index (κ3) is 3.59. The van der Waals surface area contributed by atoms with Gasteiger partial charge in [0.2, 0.25) is 0 Å². The molecule has 0 saturated heterocycles. The number of rotatable bonds is 2. The van der Waals surface area contributed by atoms with Crippen molar-refractivity contribution < 1.29 is 17.9 Å². The van der Waals surface area contributed by atoms with E-state index >= 15 is 0 Å². The average molecular weight is 384 g/mol. The molecule has 0 saturated carbocycles. The second kappa shape index (κ2) is 7.26. The van der Waals surface area contributed by atoms with Gasteiger partial charge in [0.05, 0.1) is 23.6 Å². The molecule has 2 aromatic carbocycles. The molecule has 0 amide bonds. The molecular weight excluding hydrogens is 365 g/mol. The summed E-state index contributed by atoms with van der Waals surface area (Å²) in [6, 6.07) is 14.4. The van der Waals surface area contributed by atoms with E-state index in [1.807, 2.05) is 42.5 Å². The van der Waals surface area contributed by atoms with Crippen molar-refractivity contribution in [2.75, 3.05) is 6.61 Å². The molecule has 4 rings (SSSR count). The molecule has 0 unspecified atom stereocenters. The van der Waals surface area contributed by atoms with Crippen LogP contribution in [0.4, 0.5) is 18.9 Å². The predicted octanol–water partition coefficient (Wildman–Crippen LogP) is 6.32. The highest BCUT2D eigenvalue weighted by molar-refractivity contribution is 5.87. The molecule has 0 atom stereocenters. The van der Waals surface area contributed by atoms with Gasteiger partial charge < -0.3 is 4.74 Å². The van der Waals surface area contributed by atoms with Crippen molar-refractivity contribution in [1.82, 2.24) is 4.98 Å². The summed E-state index contributed by atoms with van der Waals surface area (Å²) in [7, 11) is 0. The van der Waals surface area contributed by atoms with Crippen LogP contribution in [0.1, 0.15) is 31.0 Å². The van der Waals surface area contributed by atoms with E-state index in [2.05, 4.69) is 9.98 Å². The minimum Gasteiger partial charge on any atom is -0.481 e. The van der Waals surface area contributed by atoms with E-state index in [1.165, 1.54) is 0 Å². The molecular formula is C22H19F3N2O. The molecule has 1 aliphatic rings. The lowest BCUT2D eigenvalue weighted by molar-refractivity contribution is -0.137. The highest BCUT2D eigenvalue weighted by Gasteiger charge is 2.36. The van der Waals surface area contributed by atoms with Gasteiger partial charge in [-0.25, -0.2) is 4.99 Å². The SMILES string of the molecule is CCOC1=Nc2c(C(F)(F)F)cc(-c3ccc4ccccc4c3)nc2CCC1. The Morgan fingerprint density at radius 3 is 2.54 bits per heavy atom. The van der Waals surface area contributed by atoms with Crippen LogP contribution in [-0.2, 0) is 17.3 Å². The zero-order chi connectivity index (χ0) is 19.7. The number of fused-ring (bicyclic) bond motifs is 2. The Bertz CT molecular complexity index is 1060. The molecule has 1 aliphatic heterocycles. The first kappa shape index (κ1) is 18.5. The van der Waals surface area contributed by atoms with E-state index in [1.54, 1.807) is 6.92 Å². The fraction of sp³-hybridized carbons (Fsp3) is 0.273. The van der Waals surface area contributed by atoms with Gasteiger partial charge in [0, 0.05) is 12.0 Å². The fourth-order valence-corrected chi connectivity index (χ4v) is 3.46. The maximum Gasteiger partial charge on any atom is 0.418 e. The molecule has 6 heteroatoms. The first-order chi connectivity index (χ1) is 13.5. The number of pyridine rings is 1. The zero-order valence-electron chi connectivity index (χ0n) is 15.4. The van der Waals surface area contributed by atoms with Crippen molar-refractivity contribution in [2.45, 2.75) is 32.4 Å². The summed E-state index contributed by atoms with van der Waals surface area (Å²) < 4.78 is 46.9. The first-order valence-electron chi connectivity index (χ1n) is 9.26. The van der Waals surface area contributed by atoms with Crippen molar-refractivity contribution in [3.63, 3.8) is 0 Å². The first-order valence-corrected chi connectivity index (χ1v) is 9.26. The Morgan fingerprint density at radius 2 is 1.79 bits per heavy atom. The van der Waals surface area contributed by atoms with Gasteiger partial charge in [-0.3, -0.25) is 4.98 Å². The third-order valence-corrected chi connectivity index (χ3v) is 4.77. The van der Waals surface area contributed by atoms with Crippen LogP contribution in [0.5, 0.6) is 0 Å². The number of hydrogen-bond donors (Lipinski definition) is 0. The van der Waals surface area contributed by atoms with Crippen molar-refractivity contribution in [3.05, 3.63) is 59.8 Å². The number of nitrogens with zero attached hydrogens (tertiary/aromatic N) is 2. The van der Waals surface area contributed by atoms with E-state index in [0.29, 0.717) is 48.7 Å². The fourth-order valence-electron chi connectivity index (χ4n) is 3.46. The van der Waals surface area contributed by atoms with Crippen LogP contribution in [0.3, 0.4) is 0 Å². The summed E-state index contributed by atoms with van der Waals surface area (Å²) in [5.41, 5.74) is 0.461. The van der Waals surface area contributed by atoms with Crippen LogP contribution in [0.2, 0.25) is 0 Å². The summed E-state index contributed by atoms with van der Waals surface area (Å²) in [6.45, 7) is 2.16. The lowest BCUT2D eigenvalue weighted by Gasteiger charge is -2.15. The number of halogens is 3. The van der Waals surface area contributed by atoms with E-state index in [4.69, 9.17) is 4.74 Å². The number of aromatic nitrogens is 1. The topological polar surface area (TPSA) is 34.5 Å². The van der Waals surface area contributed by atoms with Crippen molar-refractivity contribution in [2.24, 2.45) is 4.99 Å². The monoisotopic (exact) mass is 384 g/mol. The van der Waals surface area contributed by atoms with Gasteiger partial charge >= 0.3 is 6.18 Å². The molecule has 0 radical (unpaired) electrons. The maximum absolute atomic E-state index is 13.8. The van der Waals surface area contributed by atoms with Crippen molar-refractivity contribution in [3.8, 4) is 11.3 Å². The second-order valence-electron chi connectivity index (χ2n) is 6.70. The Kier molecular flexibility index (Phi) is 4.79. The van der Waals surface area contributed by atoms with E-state index in [-0.39, 0.29) is 5.69 Å². The standard InChI is InChI=1S/C22H19F3N2O/c1-2-28-20-9-5-8-18-21(27-20)17(22(23,24)25)13-19(26-18)16-11-10-14-6-3-4-7-15(14)12-16/h3-4,6-7,10-13H,2,5,8-9H2,1H3. The molecule has 3 nitrogen and oxygen atoms in total. The van der Waals surface area contributed by atoms with Crippen molar-refractivity contribution in [1.29, 1.82) is 0 Å². The van der Waals surface area contributed by atoms with Crippen LogP contribution in [0.25, 0.3) is 22.0 Å². The Morgan fingerprint density at radius 1 is 1.00 bits per heavy atom. The van der Waals surface area contributed by atoms with Gasteiger partial charge in [-0.1, -0.05) is 36.4 Å². The van der Waals surface area contributed by atoms with Crippen LogP contribution in [0.15, 0.2) is 53.5 Å². The lowest BCUT2D eigenvalue weighted by atomic mass is 10.0. The van der Waals surface area contributed by atoms with E-state index < -0.39 is 11.7 Å². The van der Waals surface area contributed by atoms with E-state index in [9.17, 15) is 13.2 Å². The van der Waals surface area contributed by atoms with Gasteiger partial charge in [0.25, 0.3) is 0 Å². The Balaban J connectivity index is 1.89. The number of benzene rings is 2. The van der Waals surface area contributed by atoms with Crippen LogP contribution >= 0.6 is 0 Å². The summed E-state index contributed by atoms with van der Waals surface area (Å²) in [5, 5.41) is 1.99. The molecule has 1 aromatic heterocycles. The quantitative estimate of drug-likeness (QED) is 0.518. The third-order valence-electron chi connectivity index (χ3n) is 4.77. The molecule has 0 bridgehead atoms. The van der Waals surface area contributed by atoms with Gasteiger partial charge in [-0.05, 0) is 42.7 Å². The average Bonchev–Trinajstić information content (AvgIpc) is 2.88. The summed E-state index contributed by atoms with van der Waals surface area (Å²) >= 11 is 0. The van der Waals surface area contributed by atoms with Gasteiger partial charge in [-0.15, -0.1) is 0 Å². The normalized spacial score (nSPS) is 14.4. The van der Waals surface area contributed by atoms with Gasteiger partial charge in [-0.2, -0.15) is 13.2 Å². The Labute approximate surface area is 160 Å². The Hall–Kier alpha value is -2.89. The smallest absolute Gasteiger partial charge is 0.418 e. The van der Waals surface area contributed by atoms with Gasteiger partial charge in [0.15, 0.2) is 5.90 Å². The number of ether oxygens (including phenoxy) is 1. The molecule has 0 aliphatic carbocycles. The maximum atomic E-state index is 13.8. The minimum atomic E-state index is -4.52.